The molecule has 0 fully saturated rings. The third-order valence-corrected chi connectivity index (χ3v) is 4.75. The largest absolute Gasteiger partial charge is 0.452 e. The second kappa shape index (κ2) is 6.54. The molecule has 0 atom stereocenters. The van der Waals surface area contributed by atoms with Gasteiger partial charge in [0, 0.05) is 25.7 Å². The fraction of sp³-hybridized carbons (Fsp3) is 0.0800. The van der Waals surface area contributed by atoms with Gasteiger partial charge >= 0.3 is 0 Å². The zero-order chi connectivity index (χ0) is 24.1. The van der Waals surface area contributed by atoms with Crippen LogP contribution in [0.1, 0.15) is 19.4 Å². The molecule has 0 spiro atoms. The van der Waals surface area contributed by atoms with Crippen LogP contribution in [0.4, 0.5) is 17.1 Å². The summed E-state index contributed by atoms with van der Waals surface area (Å²) in [6.45, 7) is -5.20. The van der Waals surface area contributed by atoms with Gasteiger partial charge in [0.15, 0.2) is 11.5 Å². The minimum atomic E-state index is -2.61. The van der Waals surface area contributed by atoms with Gasteiger partial charge in [-0.25, -0.2) is 0 Å². The summed E-state index contributed by atoms with van der Waals surface area (Å²) in [5.41, 5.74) is 2.93. The van der Waals surface area contributed by atoms with Crippen molar-refractivity contribution < 1.29 is 13.0 Å². The molecule has 3 heteroatoms. The molecule has 0 radical (unpaired) electrons. The Morgan fingerprint density at radius 3 is 2.46 bits per heavy atom. The van der Waals surface area contributed by atoms with Gasteiger partial charge in [0.25, 0.3) is 0 Å². The minimum Gasteiger partial charge on any atom is -0.452 e. The molecular formula is C25H20N2O. The van der Waals surface area contributed by atoms with Gasteiger partial charge in [-0.15, -0.1) is 0 Å². The molecule has 5 rings (SSSR count). The van der Waals surface area contributed by atoms with Gasteiger partial charge in [-0.1, -0.05) is 36.4 Å². The van der Waals surface area contributed by atoms with E-state index in [4.69, 9.17) is 13.0 Å². The van der Waals surface area contributed by atoms with Crippen LogP contribution in [0, 0.1) is 13.7 Å². The van der Waals surface area contributed by atoms with Gasteiger partial charge in [0.05, 0.1) is 17.1 Å². The number of ether oxygens (including phenoxy) is 1. The number of fused-ring (bicyclic) bond motifs is 2. The first kappa shape index (κ1) is 11.3. The van der Waals surface area contributed by atoms with E-state index < -0.39 is 13.7 Å². The van der Waals surface area contributed by atoms with E-state index in [1.807, 2.05) is 66.7 Å². The van der Waals surface area contributed by atoms with E-state index in [-0.39, 0.29) is 11.1 Å². The van der Waals surface area contributed by atoms with Crippen molar-refractivity contribution in [1.82, 2.24) is 4.98 Å². The standard InChI is InChI=1S/C25H20N2O/c1-17-15-21(26-16-18(17)2)20-11-8-13-23-25(20)28-24-14-7-6-12-22(24)27(23)19-9-4-3-5-10-19/h3-16H,1-2H3/i1D3,2D3. The third kappa shape index (κ3) is 2.64. The maximum atomic E-state index is 7.90. The smallest absolute Gasteiger partial charge is 0.160 e. The SMILES string of the molecule is [2H]C([2H])([2H])c1cnc(-c2cccc3c2Oc2ccccc2N3c2ccccc2)cc1C([2H])([2H])[2H]. The minimum absolute atomic E-state index is 0.244. The normalized spacial score (nSPS) is 16.2. The van der Waals surface area contributed by atoms with Crippen molar-refractivity contribution >= 4 is 17.1 Å². The number of para-hydroxylation sites is 4. The highest BCUT2D eigenvalue weighted by Crippen LogP contribution is 2.53. The molecule has 0 amide bonds. The summed E-state index contributed by atoms with van der Waals surface area (Å²) < 4.78 is 53.2. The van der Waals surface area contributed by atoms with Crippen LogP contribution in [0.25, 0.3) is 11.3 Å². The Morgan fingerprint density at radius 2 is 1.61 bits per heavy atom. The Kier molecular flexibility index (Phi) is 2.64. The number of anilines is 3. The summed E-state index contributed by atoms with van der Waals surface area (Å²) >= 11 is 0. The predicted octanol–water partition coefficient (Wildman–Crippen LogP) is 6.94. The molecule has 0 bridgehead atoms. The van der Waals surface area contributed by atoms with E-state index in [9.17, 15) is 0 Å². The quantitative estimate of drug-likeness (QED) is 0.336. The number of nitrogens with zero attached hydrogens (tertiary/aromatic N) is 2. The van der Waals surface area contributed by atoms with Crippen molar-refractivity contribution in [2.24, 2.45) is 0 Å². The number of rotatable bonds is 2. The van der Waals surface area contributed by atoms with Crippen LogP contribution in [0.15, 0.2) is 85.1 Å². The van der Waals surface area contributed by atoms with E-state index >= 15 is 0 Å². The molecule has 0 N–H and O–H groups in total. The molecule has 28 heavy (non-hydrogen) atoms. The Morgan fingerprint density at radius 1 is 0.821 bits per heavy atom. The third-order valence-electron chi connectivity index (χ3n) is 4.75. The van der Waals surface area contributed by atoms with Crippen LogP contribution in [0.2, 0.25) is 0 Å². The Hall–Kier alpha value is -3.59. The lowest BCUT2D eigenvalue weighted by Gasteiger charge is -2.33. The average molecular weight is 370 g/mol. The maximum Gasteiger partial charge on any atom is 0.160 e. The molecule has 0 saturated heterocycles. The number of benzene rings is 3. The topological polar surface area (TPSA) is 25.4 Å². The van der Waals surface area contributed by atoms with Gasteiger partial charge in [0.1, 0.15) is 0 Å². The Labute approximate surface area is 173 Å². The second-order valence-corrected chi connectivity index (χ2v) is 6.51. The molecule has 1 aliphatic rings. The number of aryl methyl sites for hydroxylation is 2. The van der Waals surface area contributed by atoms with Crippen molar-refractivity contribution in [3.05, 3.63) is 96.2 Å². The van der Waals surface area contributed by atoms with Crippen molar-refractivity contribution in [2.75, 3.05) is 4.90 Å². The first-order valence-electron chi connectivity index (χ1n) is 11.9. The number of hydrogen-bond acceptors (Lipinski definition) is 3. The molecule has 136 valence electrons. The number of aromatic nitrogens is 1. The lowest BCUT2D eigenvalue weighted by atomic mass is 10.0. The van der Waals surface area contributed by atoms with Crippen molar-refractivity contribution in [1.29, 1.82) is 0 Å². The molecule has 0 aliphatic carbocycles. The Balaban J connectivity index is 1.72. The summed E-state index contributed by atoms with van der Waals surface area (Å²) in [6.07, 6.45) is 1.13. The number of hydrogen-bond donors (Lipinski definition) is 0. The van der Waals surface area contributed by atoms with Gasteiger partial charge in [0.2, 0.25) is 0 Å². The molecular weight excluding hydrogens is 344 g/mol. The number of pyridine rings is 1. The average Bonchev–Trinajstić information content (AvgIpc) is 2.81. The molecule has 3 aromatic carbocycles. The van der Waals surface area contributed by atoms with E-state index in [1.54, 1.807) is 6.07 Å². The van der Waals surface area contributed by atoms with Gasteiger partial charge in [-0.3, -0.25) is 4.98 Å². The van der Waals surface area contributed by atoms with E-state index in [0.29, 0.717) is 22.8 Å². The highest BCUT2D eigenvalue weighted by atomic mass is 16.5. The van der Waals surface area contributed by atoms with E-state index in [1.165, 1.54) is 6.07 Å². The fourth-order valence-electron chi connectivity index (χ4n) is 3.44. The molecule has 2 heterocycles. The van der Waals surface area contributed by atoms with Crippen molar-refractivity contribution in [2.45, 2.75) is 13.7 Å². The lowest BCUT2D eigenvalue weighted by Crippen LogP contribution is -2.16. The van der Waals surface area contributed by atoms with Crippen LogP contribution in [0.3, 0.4) is 0 Å². The summed E-state index contributed by atoms with van der Waals surface area (Å²) in [4.78, 5) is 6.41. The zero-order valence-corrected chi connectivity index (χ0v) is 14.9. The molecule has 0 unspecified atom stereocenters. The van der Waals surface area contributed by atoms with Gasteiger partial charge in [-0.05, 0) is 67.3 Å². The van der Waals surface area contributed by atoms with Gasteiger partial charge in [-0.2, -0.15) is 0 Å². The Bertz CT molecular complexity index is 1370. The van der Waals surface area contributed by atoms with E-state index in [2.05, 4.69) is 9.88 Å². The van der Waals surface area contributed by atoms with Crippen LogP contribution >= 0.6 is 0 Å². The van der Waals surface area contributed by atoms with Crippen LogP contribution in [-0.2, 0) is 0 Å². The van der Waals surface area contributed by atoms with Crippen molar-refractivity contribution in [3.63, 3.8) is 0 Å². The molecule has 3 nitrogen and oxygen atoms in total. The first-order valence-corrected chi connectivity index (χ1v) is 8.91. The summed E-state index contributed by atoms with van der Waals surface area (Å²) in [6, 6.07) is 24.4. The maximum absolute atomic E-state index is 7.90. The first-order chi connectivity index (χ1) is 16.1. The summed E-state index contributed by atoms with van der Waals surface area (Å²) in [5, 5.41) is 0. The molecule has 1 aliphatic heterocycles. The monoisotopic (exact) mass is 370 g/mol. The van der Waals surface area contributed by atoms with Crippen LogP contribution in [0.5, 0.6) is 11.5 Å². The summed E-state index contributed by atoms with van der Waals surface area (Å²) in [7, 11) is 0. The molecule has 1 aromatic heterocycles. The van der Waals surface area contributed by atoms with Crippen LogP contribution in [-0.4, -0.2) is 4.98 Å². The molecule has 4 aromatic rings. The lowest BCUT2D eigenvalue weighted by molar-refractivity contribution is 0.478. The highest BCUT2D eigenvalue weighted by molar-refractivity contribution is 5.90. The highest BCUT2D eigenvalue weighted by Gasteiger charge is 2.28. The van der Waals surface area contributed by atoms with Gasteiger partial charge < -0.3 is 9.64 Å². The van der Waals surface area contributed by atoms with Crippen molar-refractivity contribution in [3.8, 4) is 22.8 Å². The molecule has 0 saturated carbocycles. The zero-order valence-electron chi connectivity index (χ0n) is 20.9. The fourth-order valence-corrected chi connectivity index (χ4v) is 3.44. The predicted molar refractivity (Wildman–Crippen MR) is 114 cm³/mol. The second-order valence-electron chi connectivity index (χ2n) is 6.51. The van der Waals surface area contributed by atoms with E-state index in [0.717, 1.165) is 23.3 Å². The summed E-state index contributed by atoms with van der Waals surface area (Å²) in [5.74, 6) is 1.15. The van der Waals surface area contributed by atoms with Crippen LogP contribution < -0.4 is 9.64 Å².